The Kier molecular flexibility index (Phi) is 6.36. The Morgan fingerprint density at radius 3 is 2.48 bits per heavy atom. The lowest BCUT2D eigenvalue weighted by atomic mass is 9.86. The molecule has 0 fully saturated rings. The molecule has 1 aliphatic heterocycles. The van der Waals surface area contributed by atoms with Crippen LogP contribution in [0.2, 0.25) is 0 Å². The maximum absolute atomic E-state index is 12.9. The maximum atomic E-state index is 12.9. The number of allylic oxidation sites excluding steroid dienone is 1. The van der Waals surface area contributed by atoms with Crippen molar-refractivity contribution in [3.05, 3.63) is 69.5 Å². The number of aromatic hydroxyl groups is 1. The molecule has 0 aliphatic carbocycles. The van der Waals surface area contributed by atoms with Gasteiger partial charge in [-0.1, -0.05) is 32.4 Å². The highest BCUT2D eigenvalue weighted by Gasteiger charge is 2.42. The van der Waals surface area contributed by atoms with Crippen LogP contribution < -0.4 is 10.4 Å². The number of ether oxygens (including phenoxy) is 2. The minimum atomic E-state index is -0.834. The van der Waals surface area contributed by atoms with E-state index in [-0.39, 0.29) is 17.2 Å². The molecule has 1 aromatic carbocycles. The molecule has 5 heteroatoms. The Bertz CT molecular complexity index is 925. The van der Waals surface area contributed by atoms with Crippen LogP contribution in [0.4, 0.5) is 0 Å². The van der Waals surface area contributed by atoms with E-state index in [4.69, 9.17) is 13.9 Å². The van der Waals surface area contributed by atoms with Gasteiger partial charge in [0.25, 0.3) is 0 Å². The molecule has 2 atom stereocenters. The molecular formula is C24H30O5. The van der Waals surface area contributed by atoms with Crippen molar-refractivity contribution in [3.8, 4) is 11.5 Å². The summed E-state index contributed by atoms with van der Waals surface area (Å²) >= 11 is 0. The van der Waals surface area contributed by atoms with Crippen molar-refractivity contribution < 1.29 is 19.0 Å². The smallest absolute Gasteiger partial charge is 0.347 e. The van der Waals surface area contributed by atoms with Gasteiger partial charge >= 0.3 is 5.63 Å². The Labute approximate surface area is 172 Å². The maximum Gasteiger partial charge on any atom is 0.347 e. The molecule has 0 amide bonds. The van der Waals surface area contributed by atoms with Crippen LogP contribution in [0.25, 0.3) is 0 Å². The third-order valence-electron chi connectivity index (χ3n) is 5.67. The van der Waals surface area contributed by atoms with Gasteiger partial charge in [-0.05, 0) is 50.0 Å². The van der Waals surface area contributed by atoms with Crippen LogP contribution in [0.15, 0.2) is 51.4 Å². The molecule has 2 heterocycles. The van der Waals surface area contributed by atoms with Crippen LogP contribution in [0.3, 0.4) is 0 Å². The van der Waals surface area contributed by atoms with E-state index in [1.54, 1.807) is 13.2 Å². The molecule has 2 aromatic rings. The zero-order chi connectivity index (χ0) is 21.0. The van der Waals surface area contributed by atoms with Crippen molar-refractivity contribution >= 4 is 0 Å². The fourth-order valence-corrected chi connectivity index (χ4v) is 4.15. The highest BCUT2D eigenvalue weighted by Crippen LogP contribution is 2.44. The summed E-state index contributed by atoms with van der Waals surface area (Å²) < 4.78 is 17.0. The Morgan fingerprint density at radius 2 is 1.97 bits per heavy atom. The molecule has 5 nitrogen and oxygen atoms in total. The van der Waals surface area contributed by atoms with Crippen LogP contribution in [-0.4, -0.2) is 12.2 Å². The number of hydrogen-bond acceptors (Lipinski definition) is 5. The van der Waals surface area contributed by atoms with E-state index in [1.807, 2.05) is 51.1 Å². The Morgan fingerprint density at radius 1 is 1.24 bits per heavy atom. The molecule has 1 N–H and O–H groups in total. The largest absolute Gasteiger partial charge is 0.507 e. The highest BCUT2D eigenvalue weighted by molar-refractivity contribution is 5.38. The number of benzene rings is 1. The van der Waals surface area contributed by atoms with E-state index in [2.05, 4.69) is 0 Å². The molecule has 156 valence electrons. The van der Waals surface area contributed by atoms with Crippen LogP contribution in [0.1, 0.15) is 69.3 Å². The lowest BCUT2D eigenvalue weighted by molar-refractivity contribution is 0.00887. The second-order valence-corrected chi connectivity index (χ2v) is 7.72. The quantitative estimate of drug-likeness (QED) is 0.644. The second-order valence-electron chi connectivity index (χ2n) is 7.72. The number of rotatable bonds is 8. The third-order valence-corrected chi connectivity index (χ3v) is 5.67. The summed E-state index contributed by atoms with van der Waals surface area (Å²) in [6.07, 6.45) is 5.48. The van der Waals surface area contributed by atoms with Gasteiger partial charge in [-0.25, -0.2) is 4.79 Å². The lowest BCUT2D eigenvalue weighted by Crippen LogP contribution is -2.32. The SMILES string of the molecule is CCCC1(c2c(O)cc(C(CC)Cc3ccc(OC)cc3)oc2=O)CC=C(C)O1. The van der Waals surface area contributed by atoms with Crippen molar-refractivity contribution in [2.45, 2.75) is 64.4 Å². The minimum absolute atomic E-state index is 0.0115. The summed E-state index contributed by atoms with van der Waals surface area (Å²) in [5.74, 6) is 2.02. The summed E-state index contributed by atoms with van der Waals surface area (Å²) in [5.41, 5.74) is 0.00482. The monoisotopic (exact) mass is 398 g/mol. The van der Waals surface area contributed by atoms with Gasteiger partial charge in [-0.3, -0.25) is 0 Å². The first-order valence-electron chi connectivity index (χ1n) is 10.3. The van der Waals surface area contributed by atoms with Gasteiger partial charge in [0, 0.05) is 18.4 Å². The van der Waals surface area contributed by atoms with Crippen molar-refractivity contribution in [3.63, 3.8) is 0 Å². The van der Waals surface area contributed by atoms with E-state index < -0.39 is 11.2 Å². The fraction of sp³-hybridized carbons (Fsp3) is 0.458. The first-order valence-corrected chi connectivity index (χ1v) is 10.3. The van der Waals surface area contributed by atoms with Crippen molar-refractivity contribution in [2.75, 3.05) is 7.11 Å². The molecule has 3 rings (SSSR count). The number of hydrogen-bond donors (Lipinski definition) is 1. The third kappa shape index (κ3) is 4.34. The molecule has 2 unspecified atom stereocenters. The summed E-state index contributed by atoms with van der Waals surface area (Å²) in [6.45, 7) is 5.95. The molecule has 1 aliphatic rings. The van der Waals surface area contributed by atoms with E-state index in [9.17, 15) is 9.90 Å². The van der Waals surface area contributed by atoms with Crippen LogP contribution in [-0.2, 0) is 16.8 Å². The first-order chi connectivity index (χ1) is 13.9. The van der Waals surface area contributed by atoms with Crippen molar-refractivity contribution in [2.24, 2.45) is 0 Å². The Balaban J connectivity index is 1.91. The normalized spacial score (nSPS) is 19.5. The van der Waals surface area contributed by atoms with Crippen LogP contribution in [0, 0.1) is 0 Å². The minimum Gasteiger partial charge on any atom is -0.507 e. The van der Waals surface area contributed by atoms with Crippen molar-refractivity contribution in [1.82, 2.24) is 0 Å². The van der Waals surface area contributed by atoms with Gasteiger partial charge in [0.15, 0.2) is 0 Å². The molecule has 0 spiro atoms. The van der Waals surface area contributed by atoms with E-state index in [0.29, 0.717) is 25.0 Å². The molecule has 0 saturated heterocycles. The van der Waals surface area contributed by atoms with E-state index >= 15 is 0 Å². The molecule has 0 bridgehead atoms. The van der Waals surface area contributed by atoms with Crippen molar-refractivity contribution in [1.29, 1.82) is 0 Å². The van der Waals surface area contributed by atoms with Gasteiger partial charge in [0.1, 0.15) is 28.4 Å². The zero-order valence-electron chi connectivity index (χ0n) is 17.7. The lowest BCUT2D eigenvalue weighted by Gasteiger charge is -2.29. The molecule has 0 radical (unpaired) electrons. The van der Waals surface area contributed by atoms with Gasteiger partial charge in [-0.2, -0.15) is 0 Å². The van der Waals surface area contributed by atoms with E-state index in [0.717, 1.165) is 29.9 Å². The predicted molar refractivity (Wildman–Crippen MR) is 112 cm³/mol. The molecule has 29 heavy (non-hydrogen) atoms. The molecule has 0 saturated carbocycles. The average molecular weight is 398 g/mol. The zero-order valence-corrected chi connectivity index (χ0v) is 17.7. The molecular weight excluding hydrogens is 368 g/mol. The van der Waals surface area contributed by atoms with Crippen LogP contribution >= 0.6 is 0 Å². The highest BCUT2D eigenvalue weighted by atomic mass is 16.5. The van der Waals surface area contributed by atoms with Gasteiger partial charge < -0.3 is 19.0 Å². The standard InChI is InChI=1S/C24H30O5/c1-5-12-24(13-11-16(3)29-24)22-20(25)15-21(28-23(22)26)18(6-2)14-17-7-9-19(27-4)10-8-17/h7-11,15,18,25H,5-6,12-14H2,1-4H3. The van der Waals surface area contributed by atoms with Gasteiger partial charge in [-0.15, -0.1) is 0 Å². The summed E-state index contributed by atoms with van der Waals surface area (Å²) in [5, 5.41) is 10.8. The average Bonchev–Trinajstić information content (AvgIpc) is 3.07. The Hall–Kier alpha value is -2.69. The number of methoxy groups -OCH3 is 1. The van der Waals surface area contributed by atoms with Gasteiger partial charge in [0.05, 0.1) is 12.9 Å². The van der Waals surface area contributed by atoms with E-state index in [1.165, 1.54) is 0 Å². The first kappa shape index (κ1) is 21.0. The second kappa shape index (κ2) is 8.76. The molecule has 1 aromatic heterocycles. The van der Waals surface area contributed by atoms with Gasteiger partial charge in [0.2, 0.25) is 0 Å². The fourth-order valence-electron chi connectivity index (χ4n) is 4.15. The van der Waals surface area contributed by atoms with Crippen LogP contribution in [0.5, 0.6) is 11.5 Å². The summed E-state index contributed by atoms with van der Waals surface area (Å²) in [6, 6.07) is 9.44. The topological polar surface area (TPSA) is 68.9 Å². The summed E-state index contributed by atoms with van der Waals surface area (Å²) in [4.78, 5) is 12.9. The summed E-state index contributed by atoms with van der Waals surface area (Å²) in [7, 11) is 1.64. The predicted octanol–water partition coefficient (Wildman–Crippen LogP) is 5.41.